The molecule has 4 nitrogen and oxygen atoms in total. The van der Waals surface area contributed by atoms with Gasteiger partial charge < -0.3 is 9.47 Å². The average molecular weight is 308 g/mol. The molecule has 0 bridgehead atoms. The highest BCUT2D eigenvalue weighted by Crippen LogP contribution is 2.31. The Hall–Kier alpha value is -1.07. The van der Waals surface area contributed by atoms with E-state index in [9.17, 15) is 9.59 Å². The number of benzene rings is 1. The first-order valence-electron chi connectivity index (χ1n) is 4.22. The molecule has 0 radical (unpaired) electrons. The highest BCUT2D eigenvalue weighted by atomic mass is 79.9. The van der Waals surface area contributed by atoms with Gasteiger partial charge in [0.25, 0.3) is 0 Å². The van der Waals surface area contributed by atoms with Crippen LogP contribution in [-0.2, 0) is 9.53 Å². The lowest BCUT2D eigenvalue weighted by molar-refractivity contribution is -0.142. The Morgan fingerprint density at radius 2 is 2.25 bits per heavy atom. The fourth-order valence-corrected chi connectivity index (χ4v) is 1.96. The number of ether oxygens (including phenoxy) is 2. The fraction of sp³-hybridized carbons (Fsp3) is 0.200. The molecule has 0 heterocycles. The molecule has 0 aliphatic heterocycles. The smallest absolute Gasteiger partial charge is 0.343 e. The molecule has 1 aromatic rings. The van der Waals surface area contributed by atoms with Crippen molar-refractivity contribution in [1.29, 1.82) is 0 Å². The predicted molar refractivity (Wildman–Crippen MR) is 62.1 cm³/mol. The summed E-state index contributed by atoms with van der Waals surface area (Å²) in [6, 6.07) is 3.02. The number of halogens is 2. The molecule has 0 atom stereocenters. The number of esters is 1. The van der Waals surface area contributed by atoms with Gasteiger partial charge in [0.2, 0.25) is 0 Å². The van der Waals surface area contributed by atoms with Gasteiger partial charge in [0.15, 0.2) is 12.9 Å². The van der Waals surface area contributed by atoms with Gasteiger partial charge in [-0.05, 0) is 28.1 Å². The second-order valence-electron chi connectivity index (χ2n) is 2.79. The van der Waals surface area contributed by atoms with Crippen molar-refractivity contribution >= 4 is 39.8 Å². The molecule has 0 aromatic heterocycles. The van der Waals surface area contributed by atoms with Gasteiger partial charge in [-0.2, -0.15) is 0 Å². The molecule has 0 amide bonds. The van der Waals surface area contributed by atoms with Crippen LogP contribution in [0.25, 0.3) is 0 Å². The van der Waals surface area contributed by atoms with Crippen LogP contribution in [0.3, 0.4) is 0 Å². The SMILES string of the molecule is COC(=O)COc1c(Br)cc(Cl)cc1C=O. The monoisotopic (exact) mass is 306 g/mol. The maximum absolute atomic E-state index is 10.9. The van der Waals surface area contributed by atoms with Crippen molar-refractivity contribution in [2.24, 2.45) is 0 Å². The largest absolute Gasteiger partial charge is 0.480 e. The number of hydrogen-bond acceptors (Lipinski definition) is 4. The minimum absolute atomic E-state index is 0.266. The third kappa shape index (κ3) is 3.21. The zero-order chi connectivity index (χ0) is 12.1. The molecular formula is C10H8BrClO4. The van der Waals surface area contributed by atoms with E-state index in [0.717, 1.165) is 0 Å². The van der Waals surface area contributed by atoms with E-state index in [1.807, 2.05) is 0 Å². The lowest BCUT2D eigenvalue weighted by Crippen LogP contribution is -2.13. The maximum Gasteiger partial charge on any atom is 0.343 e. The minimum atomic E-state index is -0.529. The molecule has 0 saturated carbocycles. The molecule has 1 rings (SSSR count). The van der Waals surface area contributed by atoms with Gasteiger partial charge in [-0.3, -0.25) is 4.79 Å². The van der Waals surface area contributed by atoms with Crippen LogP contribution >= 0.6 is 27.5 Å². The van der Waals surface area contributed by atoms with E-state index in [1.165, 1.54) is 13.2 Å². The Morgan fingerprint density at radius 3 is 2.81 bits per heavy atom. The van der Waals surface area contributed by atoms with Gasteiger partial charge in [0.05, 0.1) is 17.1 Å². The lowest BCUT2D eigenvalue weighted by atomic mass is 10.2. The summed E-state index contributed by atoms with van der Waals surface area (Å²) in [6.07, 6.45) is 0.600. The van der Waals surface area contributed by atoms with Crippen molar-refractivity contribution in [3.8, 4) is 5.75 Å². The minimum Gasteiger partial charge on any atom is -0.480 e. The zero-order valence-corrected chi connectivity index (χ0v) is 10.7. The lowest BCUT2D eigenvalue weighted by Gasteiger charge is -2.09. The molecule has 0 aliphatic rings. The van der Waals surface area contributed by atoms with E-state index in [4.69, 9.17) is 16.3 Å². The number of carbonyl (C=O) groups excluding carboxylic acids is 2. The van der Waals surface area contributed by atoms with E-state index in [-0.39, 0.29) is 17.9 Å². The summed E-state index contributed by atoms with van der Waals surface area (Å²) < 4.78 is 10.1. The Morgan fingerprint density at radius 1 is 1.56 bits per heavy atom. The third-order valence-corrected chi connectivity index (χ3v) is 2.53. The molecule has 0 unspecified atom stereocenters. The first kappa shape index (κ1) is 13.0. The van der Waals surface area contributed by atoms with E-state index >= 15 is 0 Å². The second-order valence-corrected chi connectivity index (χ2v) is 4.08. The van der Waals surface area contributed by atoms with E-state index in [1.54, 1.807) is 6.07 Å². The first-order valence-corrected chi connectivity index (χ1v) is 5.39. The van der Waals surface area contributed by atoms with E-state index in [0.29, 0.717) is 15.8 Å². The van der Waals surface area contributed by atoms with Gasteiger partial charge in [-0.1, -0.05) is 11.6 Å². The summed E-state index contributed by atoms with van der Waals surface area (Å²) in [6.45, 7) is -0.266. The second kappa shape index (κ2) is 5.86. The molecule has 16 heavy (non-hydrogen) atoms. The first-order chi connectivity index (χ1) is 7.58. The summed E-state index contributed by atoms with van der Waals surface area (Å²) >= 11 is 8.95. The van der Waals surface area contributed by atoms with Crippen molar-refractivity contribution < 1.29 is 19.1 Å². The highest BCUT2D eigenvalue weighted by molar-refractivity contribution is 9.10. The van der Waals surface area contributed by atoms with E-state index in [2.05, 4.69) is 20.7 Å². The number of methoxy groups -OCH3 is 1. The Kier molecular flexibility index (Phi) is 4.76. The fourth-order valence-electron chi connectivity index (χ4n) is 1.01. The number of aldehydes is 1. The van der Waals surface area contributed by atoms with Crippen LogP contribution in [0.5, 0.6) is 5.75 Å². The normalized spacial score (nSPS) is 9.69. The molecule has 6 heteroatoms. The number of carbonyl (C=O) groups is 2. The van der Waals surface area contributed by atoms with Crippen molar-refractivity contribution in [3.63, 3.8) is 0 Å². The quantitative estimate of drug-likeness (QED) is 0.633. The summed E-state index contributed by atoms with van der Waals surface area (Å²) in [7, 11) is 1.25. The third-order valence-electron chi connectivity index (χ3n) is 1.73. The molecular weight excluding hydrogens is 299 g/mol. The Bertz CT molecular complexity index is 420. The van der Waals surface area contributed by atoms with Gasteiger partial charge in [0.1, 0.15) is 5.75 Å². The van der Waals surface area contributed by atoms with Gasteiger partial charge in [-0.25, -0.2) is 4.79 Å². The van der Waals surface area contributed by atoms with Crippen molar-refractivity contribution in [1.82, 2.24) is 0 Å². The molecule has 0 N–H and O–H groups in total. The zero-order valence-electron chi connectivity index (χ0n) is 8.33. The van der Waals surface area contributed by atoms with Crippen molar-refractivity contribution in [3.05, 3.63) is 27.2 Å². The van der Waals surface area contributed by atoms with Crippen molar-refractivity contribution in [2.45, 2.75) is 0 Å². The van der Waals surface area contributed by atoms with Gasteiger partial charge in [0, 0.05) is 5.02 Å². The van der Waals surface area contributed by atoms with Gasteiger partial charge >= 0.3 is 5.97 Å². The number of hydrogen-bond donors (Lipinski definition) is 0. The Labute approximate surface area is 106 Å². The Balaban J connectivity index is 2.94. The standard InChI is InChI=1S/C10H8BrClO4/c1-15-9(14)5-16-10-6(4-13)2-7(12)3-8(10)11/h2-4H,5H2,1H3. The van der Waals surface area contributed by atoms with Crippen LogP contribution in [0.1, 0.15) is 10.4 Å². The molecule has 0 spiro atoms. The van der Waals surface area contributed by atoms with Crippen LogP contribution < -0.4 is 4.74 Å². The summed E-state index contributed by atoms with van der Waals surface area (Å²) in [4.78, 5) is 21.7. The van der Waals surface area contributed by atoms with E-state index < -0.39 is 5.97 Å². The molecule has 0 aliphatic carbocycles. The summed E-state index contributed by atoms with van der Waals surface area (Å²) in [5.74, 6) is -0.261. The molecule has 1 aromatic carbocycles. The maximum atomic E-state index is 10.9. The molecule has 0 saturated heterocycles. The topological polar surface area (TPSA) is 52.6 Å². The van der Waals surface area contributed by atoms with Gasteiger partial charge in [-0.15, -0.1) is 0 Å². The van der Waals surface area contributed by atoms with Crippen LogP contribution in [0.2, 0.25) is 5.02 Å². The highest BCUT2D eigenvalue weighted by Gasteiger charge is 2.11. The molecule has 86 valence electrons. The average Bonchev–Trinajstić information content (AvgIpc) is 2.26. The summed E-state index contributed by atoms with van der Waals surface area (Å²) in [5, 5.41) is 0.402. The number of rotatable bonds is 4. The van der Waals surface area contributed by atoms with Crippen LogP contribution in [-0.4, -0.2) is 26.0 Å². The van der Waals surface area contributed by atoms with Crippen LogP contribution in [0, 0.1) is 0 Å². The van der Waals surface area contributed by atoms with Crippen LogP contribution in [0.4, 0.5) is 0 Å². The predicted octanol–water partition coefficient (Wildman–Crippen LogP) is 2.47. The molecule has 0 fully saturated rings. The summed E-state index contributed by atoms with van der Waals surface area (Å²) in [5.41, 5.74) is 0.267. The van der Waals surface area contributed by atoms with Crippen LogP contribution in [0.15, 0.2) is 16.6 Å². The van der Waals surface area contributed by atoms with Crippen molar-refractivity contribution in [2.75, 3.05) is 13.7 Å².